The minimum Gasteiger partial charge on any atom is -0.378 e. The van der Waals surface area contributed by atoms with Crippen LogP contribution in [0.15, 0.2) is 33.9 Å². The number of halogens is 2. The SMILES string of the molecule is COCc1[nH]c2[nH]n(-c3ccc(F)cc3)c(=O)c2c(=O)c1Cl. The molecule has 0 saturated carbocycles. The molecular formula is C14H11ClFN3O3. The molecule has 3 rings (SSSR count). The maximum absolute atomic E-state index is 13.0. The molecule has 0 amide bonds. The fourth-order valence-electron chi connectivity index (χ4n) is 2.21. The predicted octanol–water partition coefficient (Wildman–Crippen LogP) is 1.95. The van der Waals surface area contributed by atoms with Gasteiger partial charge in [0.15, 0.2) is 0 Å². The summed E-state index contributed by atoms with van der Waals surface area (Å²) in [6, 6.07) is 5.29. The Morgan fingerprint density at radius 2 is 1.95 bits per heavy atom. The van der Waals surface area contributed by atoms with Crippen molar-refractivity contribution in [2.45, 2.75) is 6.61 Å². The molecule has 2 aromatic heterocycles. The van der Waals surface area contributed by atoms with Gasteiger partial charge in [-0.1, -0.05) is 11.6 Å². The van der Waals surface area contributed by atoms with Crippen molar-refractivity contribution >= 4 is 22.6 Å². The molecule has 0 fully saturated rings. The summed E-state index contributed by atoms with van der Waals surface area (Å²) in [6.45, 7) is 0.105. The molecule has 0 radical (unpaired) electrons. The van der Waals surface area contributed by atoms with Crippen molar-refractivity contribution in [1.82, 2.24) is 14.8 Å². The van der Waals surface area contributed by atoms with Crippen LogP contribution in [0.2, 0.25) is 5.02 Å². The lowest BCUT2D eigenvalue weighted by Gasteiger charge is -2.02. The van der Waals surface area contributed by atoms with Gasteiger partial charge < -0.3 is 9.72 Å². The molecule has 2 N–H and O–H groups in total. The summed E-state index contributed by atoms with van der Waals surface area (Å²) in [7, 11) is 1.46. The van der Waals surface area contributed by atoms with E-state index in [0.717, 1.165) is 4.68 Å². The first kappa shape index (κ1) is 14.6. The van der Waals surface area contributed by atoms with Gasteiger partial charge in [-0.2, -0.15) is 0 Å². The molecule has 0 spiro atoms. The van der Waals surface area contributed by atoms with Crippen LogP contribution in [-0.2, 0) is 11.3 Å². The second-order valence-corrected chi connectivity index (χ2v) is 5.04. The van der Waals surface area contributed by atoms with E-state index in [1.54, 1.807) is 0 Å². The molecule has 2 heterocycles. The third-order valence-corrected chi connectivity index (χ3v) is 3.63. The number of aromatic nitrogens is 3. The van der Waals surface area contributed by atoms with Crippen LogP contribution in [0.4, 0.5) is 4.39 Å². The number of benzene rings is 1. The number of nitrogens with zero attached hydrogens (tertiary/aromatic N) is 1. The average molecular weight is 324 g/mol. The molecule has 0 aliphatic heterocycles. The molecular weight excluding hydrogens is 313 g/mol. The van der Waals surface area contributed by atoms with E-state index in [9.17, 15) is 14.0 Å². The van der Waals surface area contributed by atoms with E-state index >= 15 is 0 Å². The van der Waals surface area contributed by atoms with Crippen molar-refractivity contribution in [3.63, 3.8) is 0 Å². The minimum absolute atomic E-state index is 0.0864. The van der Waals surface area contributed by atoms with E-state index in [-0.39, 0.29) is 22.7 Å². The fourth-order valence-corrected chi connectivity index (χ4v) is 2.40. The molecule has 114 valence electrons. The van der Waals surface area contributed by atoms with Crippen molar-refractivity contribution in [2.75, 3.05) is 7.11 Å². The summed E-state index contributed by atoms with van der Waals surface area (Å²) >= 11 is 5.96. The molecule has 0 atom stereocenters. The van der Waals surface area contributed by atoms with E-state index in [0.29, 0.717) is 11.4 Å². The molecule has 6 nitrogen and oxygen atoms in total. The lowest BCUT2D eigenvalue weighted by molar-refractivity contribution is 0.182. The topological polar surface area (TPSA) is 79.9 Å². The lowest BCUT2D eigenvalue weighted by Crippen LogP contribution is -2.19. The molecule has 0 unspecified atom stereocenters. The maximum atomic E-state index is 13.0. The Morgan fingerprint density at radius 3 is 2.59 bits per heavy atom. The molecule has 8 heteroatoms. The van der Waals surface area contributed by atoms with Gasteiger partial charge >= 0.3 is 0 Å². The largest absolute Gasteiger partial charge is 0.378 e. The highest BCUT2D eigenvalue weighted by molar-refractivity contribution is 6.31. The van der Waals surface area contributed by atoms with Crippen LogP contribution in [0.25, 0.3) is 16.7 Å². The molecule has 0 aliphatic rings. The highest BCUT2D eigenvalue weighted by atomic mass is 35.5. The Kier molecular flexibility index (Phi) is 3.59. The zero-order chi connectivity index (χ0) is 15.9. The number of methoxy groups -OCH3 is 1. The van der Waals surface area contributed by atoms with Crippen LogP contribution < -0.4 is 11.0 Å². The van der Waals surface area contributed by atoms with Gasteiger partial charge in [-0.05, 0) is 24.3 Å². The molecule has 0 saturated heterocycles. The van der Waals surface area contributed by atoms with Crippen LogP contribution in [0, 0.1) is 5.82 Å². The van der Waals surface area contributed by atoms with Crippen molar-refractivity contribution in [2.24, 2.45) is 0 Å². The van der Waals surface area contributed by atoms with Gasteiger partial charge in [0.1, 0.15) is 21.9 Å². The van der Waals surface area contributed by atoms with Crippen LogP contribution in [-0.4, -0.2) is 21.9 Å². The quantitative estimate of drug-likeness (QED) is 0.773. The summed E-state index contributed by atoms with van der Waals surface area (Å²) in [5.74, 6) is -0.422. The highest BCUT2D eigenvalue weighted by Gasteiger charge is 2.17. The van der Waals surface area contributed by atoms with Crippen molar-refractivity contribution in [1.29, 1.82) is 0 Å². The highest BCUT2D eigenvalue weighted by Crippen LogP contribution is 2.14. The number of ether oxygens (including phenoxy) is 1. The zero-order valence-corrected chi connectivity index (χ0v) is 12.2. The average Bonchev–Trinajstić information content (AvgIpc) is 2.82. The summed E-state index contributed by atoms with van der Waals surface area (Å²) in [6.07, 6.45) is 0. The normalized spacial score (nSPS) is 11.2. The van der Waals surface area contributed by atoms with Crippen molar-refractivity contribution in [3.05, 3.63) is 61.4 Å². The first-order valence-corrected chi connectivity index (χ1v) is 6.71. The van der Waals surface area contributed by atoms with Gasteiger partial charge in [-0.25, -0.2) is 9.07 Å². The monoisotopic (exact) mass is 323 g/mol. The zero-order valence-electron chi connectivity index (χ0n) is 11.4. The van der Waals surface area contributed by atoms with Crippen LogP contribution in [0.3, 0.4) is 0 Å². The number of nitrogens with one attached hydrogen (secondary N) is 2. The Hall–Kier alpha value is -2.38. The van der Waals surface area contributed by atoms with Gasteiger partial charge in [0.05, 0.1) is 18.0 Å². The minimum atomic E-state index is -0.579. The summed E-state index contributed by atoms with van der Waals surface area (Å²) in [5.41, 5.74) is -0.136. The molecule has 1 aromatic carbocycles. The maximum Gasteiger partial charge on any atom is 0.284 e. The number of H-pyrrole nitrogens is 2. The number of hydrogen-bond acceptors (Lipinski definition) is 3. The van der Waals surface area contributed by atoms with Crippen LogP contribution >= 0.6 is 11.6 Å². The second-order valence-electron chi connectivity index (χ2n) is 4.66. The third kappa shape index (κ3) is 2.24. The van der Waals surface area contributed by atoms with Gasteiger partial charge in [0, 0.05) is 7.11 Å². The van der Waals surface area contributed by atoms with E-state index in [1.165, 1.54) is 31.4 Å². The number of hydrogen-bond donors (Lipinski definition) is 2. The second kappa shape index (κ2) is 5.43. The number of rotatable bonds is 3. The first-order chi connectivity index (χ1) is 10.5. The lowest BCUT2D eigenvalue weighted by atomic mass is 10.3. The summed E-state index contributed by atoms with van der Waals surface area (Å²) in [4.78, 5) is 27.5. The third-order valence-electron chi connectivity index (χ3n) is 3.23. The Labute approximate surface area is 128 Å². The Balaban J connectivity index is 2.29. The van der Waals surface area contributed by atoms with Gasteiger partial charge in [0.2, 0.25) is 5.43 Å². The predicted molar refractivity (Wildman–Crippen MR) is 80.2 cm³/mol. The van der Waals surface area contributed by atoms with E-state index in [4.69, 9.17) is 16.3 Å². The Bertz CT molecular complexity index is 956. The standard InChI is InChI=1S/C14H11ClFN3O3/c1-22-6-9-11(15)12(20)10-13(17-9)18-19(14(10)21)8-4-2-7(16)3-5-8/h2-5H,6H2,1H3,(H2,17,18,20). The molecule has 0 bridgehead atoms. The first-order valence-electron chi connectivity index (χ1n) is 6.33. The van der Waals surface area contributed by atoms with E-state index in [1.807, 2.05) is 0 Å². The fraction of sp³-hybridized carbons (Fsp3) is 0.143. The molecule has 3 aromatic rings. The van der Waals surface area contributed by atoms with Crippen molar-refractivity contribution < 1.29 is 9.13 Å². The number of pyridine rings is 1. The van der Waals surface area contributed by atoms with E-state index in [2.05, 4.69) is 10.1 Å². The molecule has 22 heavy (non-hydrogen) atoms. The smallest absolute Gasteiger partial charge is 0.284 e. The molecule has 0 aliphatic carbocycles. The van der Waals surface area contributed by atoms with Gasteiger partial charge in [-0.3, -0.25) is 14.7 Å². The van der Waals surface area contributed by atoms with Crippen LogP contribution in [0.5, 0.6) is 0 Å². The van der Waals surface area contributed by atoms with E-state index < -0.39 is 16.8 Å². The van der Waals surface area contributed by atoms with Crippen molar-refractivity contribution in [3.8, 4) is 5.69 Å². The van der Waals surface area contributed by atoms with Gasteiger partial charge in [0.25, 0.3) is 5.56 Å². The summed E-state index contributed by atoms with van der Waals surface area (Å²) < 4.78 is 19.1. The van der Waals surface area contributed by atoms with Gasteiger partial charge in [-0.15, -0.1) is 0 Å². The van der Waals surface area contributed by atoms with Crippen LogP contribution in [0.1, 0.15) is 5.69 Å². The Morgan fingerprint density at radius 1 is 1.27 bits per heavy atom. The number of fused-ring (bicyclic) bond motifs is 1. The summed E-state index contributed by atoms with van der Waals surface area (Å²) in [5, 5.41) is 2.60. The number of aromatic amines is 2.